The van der Waals surface area contributed by atoms with Gasteiger partial charge in [0.05, 0.1) is 11.6 Å². The average Bonchev–Trinajstić information content (AvgIpc) is 2.79. The van der Waals surface area contributed by atoms with Crippen LogP contribution in [0.4, 0.5) is 0 Å². The molecule has 3 N–H and O–H groups in total. The van der Waals surface area contributed by atoms with Crippen LogP contribution in [0.2, 0.25) is 0 Å². The maximum absolute atomic E-state index is 12.0. The van der Waals surface area contributed by atoms with Crippen molar-refractivity contribution in [3.8, 4) is 0 Å². The van der Waals surface area contributed by atoms with E-state index in [0.29, 0.717) is 6.54 Å². The fraction of sp³-hybridized carbons (Fsp3) is 0.636. The molecule has 2 heterocycles. The number of H-pyrrole nitrogens is 1. The lowest BCUT2D eigenvalue weighted by Crippen LogP contribution is -2.48. The zero-order valence-electron chi connectivity index (χ0n) is 9.55. The Morgan fingerprint density at radius 2 is 2.56 bits per heavy atom. The molecule has 1 saturated heterocycles. The predicted octanol–water partition coefficient (Wildman–Crippen LogP) is 0.416. The van der Waals surface area contributed by atoms with Crippen LogP contribution in [-0.4, -0.2) is 29.2 Å². The van der Waals surface area contributed by atoms with Crippen LogP contribution in [0.3, 0.4) is 0 Å². The van der Waals surface area contributed by atoms with Gasteiger partial charge in [-0.3, -0.25) is 9.89 Å². The first-order valence-electron chi connectivity index (χ1n) is 5.67. The summed E-state index contributed by atoms with van der Waals surface area (Å²) in [5.41, 5.74) is 0.739. The molecule has 2 rings (SSSR count). The van der Waals surface area contributed by atoms with Gasteiger partial charge in [0, 0.05) is 24.8 Å². The maximum atomic E-state index is 12.0. The van der Waals surface area contributed by atoms with Crippen molar-refractivity contribution in [1.82, 2.24) is 20.8 Å². The van der Waals surface area contributed by atoms with Crippen LogP contribution < -0.4 is 10.6 Å². The molecule has 16 heavy (non-hydrogen) atoms. The lowest BCUT2D eigenvalue weighted by molar-refractivity contribution is -0.131. The largest absolute Gasteiger partial charge is 0.351 e. The molecule has 0 saturated carbocycles. The highest BCUT2D eigenvalue weighted by molar-refractivity contribution is 5.82. The first-order chi connectivity index (χ1) is 7.71. The Hall–Kier alpha value is -1.36. The Bertz CT molecular complexity index is 341. The number of amides is 1. The first-order valence-corrected chi connectivity index (χ1v) is 5.67. The second kappa shape index (κ2) is 4.65. The Balaban J connectivity index is 1.87. The van der Waals surface area contributed by atoms with Crippen molar-refractivity contribution in [3.63, 3.8) is 0 Å². The molecular weight excluding hydrogens is 204 g/mol. The topological polar surface area (TPSA) is 69.8 Å². The molecule has 0 aromatic carbocycles. The van der Waals surface area contributed by atoms with E-state index in [9.17, 15) is 4.79 Å². The minimum absolute atomic E-state index is 0.126. The zero-order valence-corrected chi connectivity index (χ0v) is 9.55. The first kappa shape index (κ1) is 11.1. The molecule has 88 valence electrons. The van der Waals surface area contributed by atoms with Gasteiger partial charge in [-0.05, 0) is 26.3 Å². The number of nitrogens with zero attached hydrogens (tertiary/aromatic N) is 1. The third-order valence-electron chi connectivity index (χ3n) is 3.15. The summed E-state index contributed by atoms with van der Waals surface area (Å²) in [5.74, 6) is 0.126. The highest BCUT2D eigenvalue weighted by atomic mass is 16.2. The van der Waals surface area contributed by atoms with Gasteiger partial charge in [-0.1, -0.05) is 0 Å². The minimum atomic E-state index is -0.262. The number of aromatic nitrogens is 2. The van der Waals surface area contributed by atoms with E-state index in [1.165, 1.54) is 0 Å². The lowest BCUT2D eigenvalue weighted by atomic mass is 9.82. The highest BCUT2D eigenvalue weighted by Crippen LogP contribution is 2.25. The fourth-order valence-electron chi connectivity index (χ4n) is 2.02. The summed E-state index contributed by atoms with van der Waals surface area (Å²) in [6.07, 6.45) is 5.54. The van der Waals surface area contributed by atoms with Crippen LogP contribution in [0.15, 0.2) is 12.4 Å². The van der Waals surface area contributed by atoms with Crippen LogP contribution in [-0.2, 0) is 11.3 Å². The van der Waals surface area contributed by atoms with E-state index in [0.717, 1.165) is 31.5 Å². The van der Waals surface area contributed by atoms with Crippen LogP contribution >= 0.6 is 0 Å². The van der Waals surface area contributed by atoms with Gasteiger partial charge >= 0.3 is 0 Å². The van der Waals surface area contributed by atoms with Gasteiger partial charge in [0.15, 0.2) is 0 Å². The number of piperidine rings is 1. The molecule has 0 spiro atoms. The highest BCUT2D eigenvalue weighted by Gasteiger charge is 2.34. The van der Waals surface area contributed by atoms with Gasteiger partial charge in [0.2, 0.25) is 5.91 Å². The molecule has 0 bridgehead atoms. The normalized spacial score (nSPS) is 25.3. The molecule has 1 unspecified atom stereocenters. The van der Waals surface area contributed by atoms with E-state index in [1.807, 2.05) is 6.92 Å². The summed E-state index contributed by atoms with van der Waals surface area (Å²) in [7, 11) is 0. The van der Waals surface area contributed by atoms with Crippen molar-refractivity contribution < 1.29 is 4.79 Å². The quantitative estimate of drug-likeness (QED) is 0.694. The van der Waals surface area contributed by atoms with Gasteiger partial charge in [0.1, 0.15) is 0 Å². The second-order valence-corrected chi connectivity index (χ2v) is 4.63. The van der Waals surface area contributed by atoms with Crippen molar-refractivity contribution >= 4 is 5.91 Å². The van der Waals surface area contributed by atoms with E-state index >= 15 is 0 Å². The van der Waals surface area contributed by atoms with Gasteiger partial charge in [-0.15, -0.1) is 0 Å². The van der Waals surface area contributed by atoms with Crippen molar-refractivity contribution in [1.29, 1.82) is 0 Å². The standard InChI is InChI=1S/C11H18N4O/c1-11(3-2-4-12-8-11)10(16)13-5-9-6-14-15-7-9/h6-7,12H,2-5,8H2,1H3,(H,13,16)(H,14,15). The molecule has 0 aliphatic carbocycles. The van der Waals surface area contributed by atoms with E-state index < -0.39 is 0 Å². The molecule has 5 heteroatoms. The number of aromatic amines is 1. The second-order valence-electron chi connectivity index (χ2n) is 4.63. The number of hydrogen-bond donors (Lipinski definition) is 3. The molecule has 5 nitrogen and oxygen atoms in total. The number of carbonyl (C=O) groups excluding carboxylic acids is 1. The van der Waals surface area contributed by atoms with E-state index in [1.54, 1.807) is 12.4 Å². The summed E-state index contributed by atoms with van der Waals surface area (Å²) in [6.45, 7) is 4.35. The lowest BCUT2D eigenvalue weighted by Gasteiger charge is -2.32. The molecule has 1 aromatic heterocycles. The Morgan fingerprint density at radius 3 is 3.19 bits per heavy atom. The van der Waals surface area contributed by atoms with Gasteiger partial charge < -0.3 is 10.6 Å². The van der Waals surface area contributed by atoms with Gasteiger partial charge in [0.25, 0.3) is 0 Å². The number of rotatable bonds is 3. The SMILES string of the molecule is CC1(C(=O)NCc2cn[nH]c2)CCCNC1. The number of carbonyl (C=O) groups is 1. The predicted molar refractivity (Wildman–Crippen MR) is 60.6 cm³/mol. The Morgan fingerprint density at radius 1 is 1.69 bits per heavy atom. The molecule has 1 aliphatic heterocycles. The van der Waals surface area contributed by atoms with Crippen molar-refractivity contribution in [2.75, 3.05) is 13.1 Å². The monoisotopic (exact) mass is 222 g/mol. The van der Waals surface area contributed by atoms with Crippen LogP contribution in [0, 0.1) is 5.41 Å². The number of nitrogens with one attached hydrogen (secondary N) is 3. The molecule has 1 atom stereocenters. The Labute approximate surface area is 95.0 Å². The molecule has 0 radical (unpaired) electrons. The van der Waals surface area contributed by atoms with Crippen LogP contribution in [0.25, 0.3) is 0 Å². The van der Waals surface area contributed by atoms with Crippen molar-refractivity contribution in [3.05, 3.63) is 18.0 Å². The fourth-order valence-corrected chi connectivity index (χ4v) is 2.02. The van der Waals surface area contributed by atoms with E-state index in [4.69, 9.17) is 0 Å². The molecule has 1 fully saturated rings. The summed E-state index contributed by atoms with van der Waals surface area (Å²) in [4.78, 5) is 12.0. The minimum Gasteiger partial charge on any atom is -0.351 e. The Kier molecular flexibility index (Phi) is 3.24. The third kappa shape index (κ3) is 2.41. The maximum Gasteiger partial charge on any atom is 0.227 e. The third-order valence-corrected chi connectivity index (χ3v) is 3.15. The van der Waals surface area contributed by atoms with Crippen molar-refractivity contribution in [2.45, 2.75) is 26.3 Å². The van der Waals surface area contributed by atoms with E-state index in [-0.39, 0.29) is 11.3 Å². The van der Waals surface area contributed by atoms with Gasteiger partial charge in [-0.25, -0.2) is 0 Å². The summed E-state index contributed by atoms with van der Waals surface area (Å²) in [5, 5.41) is 12.8. The van der Waals surface area contributed by atoms with Crippen LogP contribution in [0.1, 0.15) is 25.3 Å². The average molecular weight is 222 g/mol. The smallest absolute Gasteiger partial charge is 0.227 e. The summed E-state index contributed by atoms with van der Waals surface area (Å²) < 4.78 is 0. The van der Waals surface area contributed by atoms with Crippen LogP contribution in [0.5, 0.6) is 0 Å². The van der Waals surface area contributed by atoms with E-state index in [2.05, 4.69) is 20.8 Å². The van der Waals surface area contributed by atoms with Crippen molar-refractivity contribution in [2.24, 2.45) is 5.41 Å². The van der Waals surface area contributed by atoms with Gasteiger partial charge in [-0.2, -0.15) is 5.10 Å². The molecule has 1 aromatic rings. The zero-order chi connectivity index (χ0) is 11.4. The molecule has 1 aliphatic rings. The number of hydrogen-bond acceptors (Lipinski definition) is 3. The molecule has 1 amide bonds. The molecular formula is C11H18N4O. The summed E-state index contributed by atoms with van der Waals surface area (Å²) >= 11 is 0. The summed E-state index contributed by atoms with van der Waals surface area (Å²) in [6, 6.07) is 0.